The normalized spacial score (nSPS) is 23.6. The molecule has 0 aliphatic carbocycles. The van der Waals surface area contributed by atoms with E-state index in [-0.39, 0.29) is 0 Å². The van der Waals surface area contributed by atoms with E-state index in [2.05, 4.69) is 44.4 Å². The molecule has 0 bridgehead atoms. The van der Waals surface area contributed by atoms with Crippen LogP contribution >= 0.6 is 11.8 Å². The Hall–Kier alpha value is 0.270. The van der Waals surface area contributed by atoms with Gasteiger partial charge in [-0.2, -0.15) is 11.8 Å². The first-order valence-corrected chi connectivity index (χ1v) is 7.48. The van der Waals surface area contributed by atoms with Crippen LogP contribution in [0.1, 0.15) is 34.1 Å². The highest BCUT2D eigenvalue weighted by Crippen LogP contribution is 2.30. The van der Waals surface area contributed by atoms with E-state index in [1.165, 1.54) is 31.8 Å². The van der Waals surface area contributed by atoms with Crippen LogP contribution in [0.5, 0.6) is 0 Å². The molecular weight excluding hydrogens is 216 g/mol. The van der Waals surface area contributed by atoms with Gasteiger partial charge in [-0.1, -0.05) is 13.8 Å². The lowest BCUT2D eigenvalue weighted by atomic mass is 9.96. The SMILES string of the molecule is CC(C)CC(CN)CN1CCSC(C)(C)C1. The lowest BCUT2D eigenvalue weighted by Crippen LogP contribution is -2.46. The van der Waals surface area contributed by atoms with Crippen molar-refractivity contribution in [2.24, 2.45) is 17.6 Å². The van der Waals surface area contributed by atoms with E-state index in [9.17, 15) is 0 Å². The molecule has 0 radical (unpaired) electrons. The van der Waals surface area contributed by atoms with Gasteiger partial charge in [0.1, 0.15) is 0 Å². The fourth-order valence-corrected chi connectivity index (χ4v) is 3.72. The summed E-state index contributed by atoms with van der Waals surface area (Å²) >= 11 is 2.10. The summed E-state index contributed by atoms with van der Waals surface area (Å²) in [4.78, 5) is 2.61. The second kappa shape index (κ2) is 6.27. The molecule has 1 unspecified atom stereocenters. The fraction of sp³-hybridized carbons (Fsp3) is 1.00. The third kappa shape index (κ3) is 5.07. The monoisotopic (exact) mass is 244 g/mol. The lowest BCUT2D eigenvalue weighted by Gasteiger charge is -2.39. The van der Waals surface area contributed by atoms with E-state index < -0.39 is 0 Å². The third-order valence-electron chi connectivity index (χ3n) is 3.16. The van der Waals surface area contributed by atoms with Gasteiger partial charge in [-0.3, -0.25) is 0 Å². The highest BCUT2D eigenvalue weighted by atomic mass is 32.2. The number of hydrogen-bond donors (Lipinski definition) is 1. The Morgan fingerprint density at radius 1 is 1.38 bits per heavy atom. The summed E-state index contributed by atoms with van der Waals surface area (Å²) < 4.78 is 0.426. The molecule has 0 aromatic carbocycles. The fourth-order valence-electron chi connectivity index (χ4n) is 2.55. The highest BCUT2D eigenvalue weighted by molar-refractivity contribution is 8.00. The van der Waals surface area contributed by atoms with Gasteiger partial charge in [0.2, 0.25) is 0 Å². The van der Waals surface area contributed by atoms with Gasteiger partial charge in [-0.25, -0.2) is 0 Å². The first-order chi connectivity index (χ1) is 7.43. The Kier molecular flexibility index (Phi) is 5.62. The number of hydrogen-bond acceptors (Lipinski definition) is 3. The predicted octanol–water partition coefficient (Wildman–Crippen LogP) is 2.43. The van der Waals surface area contributed by atoms with Gasteiger partial charge in [0.15, 0.2) is 0 Å². The Labute approximate surface area is 105 Å². The van der Waals surface area contributed by atoms with Crippen molar-refractivity contribution < 1.29 is 0 Å². The minimum Gasteiger partial charge on any atom is -0.330 e. The molecule has 1 saturated heterocycles. The molecule has 1 aliphatic heterocycles. The molecule has 0 saturated carbocycles. The molecule has 0 spiro atoms. The minimum absolute atomic E-state index is 0.426. The van der Waals surface area contributed by atoms with Crippen molar-refractivity contribution in [2.45, 2.75) is 38.9 Å². The first kappa shape index (κ1) is 14.3. The van der Waals surface area contributed by atoms with Crippen molar-refractivity contribution in [3.63, 3.8) is 0 Å². The standard InChI is InChI=1S/C13H28N2S/c1-11(2)7-12(8-14)9-15-5-6-16-13(3,4)10-15/h11-12H,5-10,14H2,1-4H3. The van der Waals surface area contributed by atoms with Gasteiger partial charge in [-0.05, 0) is 38.6 Å². The molecule has 0 aromatic heterocycles. The van der Waals surface area contributed by atoms with Crippen molar-refractivity contribution in [1.29, 1.82) is 0 Å². The molecule has 0 aromatic rings. The van der Waals surface area contributed by atoms with E-state index in [1.54, 1.807) is 0 Å². The Morgan fingerprint density at radius 2 is 2.06 bits per heavy atom. The second-order valence-corrected chi connectivity index (χ2v) is 7.88. The van der Waals surface area contributed by atoms with Crippen molar-refractivity contribution in [3.8, 4) is 0 Å². The number of thioether (sulfide) groups is 1. The molecular formula is C13H28N2S. The zero-order valence-corrected chi connectivity index (χ0v) is 12.1. The molecule has 3 heteroatoms. The smallest absolute Gasteiger partial charge is 0.0231 e. The highest BCUT2D eigenvalue weighted by Gasteiger charge is 2.28. The van der Waals surface area contributed by atoms with Gasteiger partial charge in [0.05, 0.1) is 0 Å². The second-order valence-electron chi connectivity index (χ2n) is 6.07. The summed E-state index contributed by atoms with van der Waals surface area (Å²) in [6.07, 6.45) is 1.26. The molecule has 16 heavy (non-hydrogen) atoms. The average molecular weight is 244 g/mol. The number of rotatable bonds is 5. The van der Waals surface area contributed by atoms with Crippen LogP contribution in [-0.4, -0.2) is 41.6 Å². The topological polar surface area (TPSA) is 29.3 Å². The Balaban J connectivity index is 2.39. The molecule has 1 fully saturated rings. The molecule has 1 rings (SSSR count). The third-order valence-corrected chi connectivity index (χ3v) is 4.46. The number of nitrogens with zero attached hydrogens (tertiary/aromatic N) is 1. The maximum atomic E-state index is 5.87. The van der Waals surface area contributed by atoms with E-state index in [4.69, 9.17) is 5.73 Å². The molecule has 1 aliphatic rings. The summed E-state index contributed by atoms with van der Waals surface area (Å²) in [5.41, 5.74) is 5.87. The van der Waals surface area contributed by atoms with Crippen LogP contribution in [0, 0.1) is 11.8 Å². The molecule has 96 valence electrons. The maximum Gasteiger partial charge on any atom is 0.0231 e. The molecule has 2 N–H and O–H groups in total. The maximum absolute atomic E-state index is 5.87. The van der Waals surface area contributed by atoms with E-state index in [0.29, 0.717) is 10.7 Å². The molecule has 1 heterocycles. The Bertz CT molecular complexity index is 204. The summed E-state index contributed by atoms with van der Waals surface area (Å²) in [5.74, 6) is 2.71. The van der Waals surface area contributed by atoms with Crippen LogP contribution in [0.25, 0.3) is 0 Å². The first-order valence-electron chi connectivity index (χ1n) is 6.49. The Morgan fingerprint density at radius 3 is 2.56 bits per heavy atom. The van der Waals surface area contributed by atoms with Crippen molar-refractivity contribution in [1.82, 2.24) is 4.90 Å². The van der Waals surface area contributed by atoms with Crippen LogP contribution in [0.3, 0.4) is 0 Å². The summed E-state index contributed by atoms with van der Waals surface area (Å²) in [6, 6.07) is 0. The van der Waals surface area contributed by atoms with Crippen LogP contribution < -0.4 is 5.73 Å². The largest absolute Gasteiger partial charge is 0.330 e. The van der Waals surface area contributed by atoms with E-state index >= 15 is 0 Å². The van der Waals surface area contributed by atoms with Crippen molar-refractivity contribution in [2.75, 3.05) is 31.9 Å². The molecule has 2 nitrogen and oxygen atoms in total. The average Bonchev–Trinajstić information content (AvgIpc) is 2.14. The molecule has 1 atom stereocenters. The quantitative estimate of drug-likeness (QED) is 0.805. The summed E-state index contributed by atoms with van der Waals surface area (Å²) in [7, 11) is 0. The summed E-state index contributed by atoms with van der Waals surface area (Å²) in [6.45, 7) is 13.8. The summed E-state index contributed by atoms with van der Waals surface area (Å²) in [5, 5.41) is 0. The lowest BCUT2D eigenvalue weighted by molar-refractivity contribution is 0.209. The van der Waals surface area contributed by atoms with Gasteiger partial charge < -0.3 is 10.6 Å². The zero-order valence-electron chi connectivity index (χ0n) is 11.3. The zero-order chi connectivity index (χ0) is 12.2. The van der Waals surface area contributed by atoms with Gasteiger partial charge in [0.25, 0.3) is 0 Å². The van der Waals surface area contributed by atoms with Crippen molar-refractivity contribution >= 4 is 11.8 Å². The predicted molar refractivity (Wildman–Crippen MR) is 75.0 cm³/mol. The van der Waals surface area contributed by atoms with Crippen LogP contribution in [0.2, 0.25) is 0 Å². The van der Waals surface area contributed by atoms with E-state index in [0.717, 1.165) is 12.5 Å². The van der Waals surface area contributed by atoms with Gasteiger partial charge in [-0.15, -0.1) is 0 Å². The van der Waals surface area contributed by atoms with E-state index in [1.807, 2.05) is 0 Å². The van der Waals surface area contributed by atoms with Gasteiger partial charge in [0, 0.05) is 30.1 Å². The van der Waals surface area contributed by atoms with Crippen LogP contribution in [0.15, 0.2) is 0 Å². The molecule has 0 amide bonds. The van der Waals surface area contributed by atoms with Crippen molar-refractivity contribution in [3.05, 3.63) is 0 Å². The van der Waals surface area contributed by atoms with Crippen LogP contribution in [0.4, 0.5) is 0 Å². The van der Waals surface area contributed by atoms with Crippen LogP contribution in [-0.2, 0) is 0 Å². The van der Waals surface area contributed by atoms with Gasteiger partial charge >= 0.3 is 0 Å². The number of nitrogens with two attached hydrogens (primary N) is 1. The minimum atomic E-state index is 0.426.